The average Bonchev–Trinajstić information content (AvgIpc) is 3.07. The number of nitrogens with one attached hydrogen (secondary N) is 1. The van der Waals surface area contributed by atoms with Crippen LogP contribution in [0.5, 0.6) is 0 Å². The number of hydrogen-bond acceptors (Lipinski definition) is 4. The molecule has 0 aliphatic carbocycles. The summed E-state index contributed by atoms with van der Waals surface area (Å²) >= 11 is 1.00. The highest BCUT2D eigenvalue weighted by Gasteiger charge is 2.29. The second-order valence-corrected chi connectivity index (χ2v) is 7.56. The summed E-state index contributed by atoms with van der Waals surface area (Å²) in [6, 6.07) is 24.6. The van der Waals surface area contributed by atoms with Crippen molar-refractivity contribution >= 4 is 34.5 Å². The lowest BCUT2D eigenvalue weighted by atomic mass is 10.1. The van der Waals surface area contributed by atoms with Crippen LogP contribution in [0.3, 0.4) is 0 Å². The van der Waals surface area contributed by atoms with Gasteiger partial charge in [0.2, 0.25) is 5.91 Å². The number of rotatable bonds is 5. The van der Waals surface area contributed by atoms with Gasteiger partial charge in [-0.3, -0.25) is 19.3 Å². The van der Waals surface area contributed by atoms with Gasteiger partial charge in [0.1, 0.15) is 0 Å². The van der Waals surface area contributed by atoms with Crippen LogP contribution in [0.25, 0.3) is 11.1 Å². The molecule has 3 aromatic carbocycles. The average molecular weight is 402 g/mol. The van der Waals surface area contributed by atoms with E-state index in [1.165, 1.54) is 4.90 Å². The van der Waals surface area contributed by atoms with Crippen LogP contribution in [0, 0.1) is 0 Å². The molecule has 1 N–H and O–H groups in total. The fourth-order valence-electron chi connectivity index (χ4n) is 3.11. The normalized spacial score (nSPS) is 13.6. The molecule has 3 aromatic rings. The van der Waals surface area contributed by atoms with Crippen LogP contribution in [0.15, 0.2) is 78.9 Å². The van der Waals surface area contributed by atoms with Crippen molar-refractivity contribution in [3.63, 3.8) is 0 Å². The van der Waals surface area contributed by atoms with Gasteiger partial charge in [-0.05, 0) is 41.0 Å². The van der Waals surface area contributed by atoms with E-state index in [4.69, 9.17) is 0 Å². The molecule has 1 fully saturated rings. The molecule has 0 spiro atoms. The zero-order valence-corrected chi connectivity index (χ0v) is 16.3. The van der Waals surface area contributed by atoms with E-state index >= 15 is 0 Å². The Bertz CT molecular complexity index is 1050. The maximum atomic E-state index is 12.6. The third kappa shape index (κ3) is 4.38. The van der Waals surface area contributed by atoms with Crippen LogP contribution in [0.4, 0.5) is 10.5 Å². The summed E-state index contributed by atoms with van der Waals surface area (Å²) in [4.78, 5) is 37.4. The van der Waals surface area contributed by atoms with Crippen molar-refractivity contribution in [2.45, 2.75) is 6.54 Å². The van der Waals surface area contributed by atoms with Gasteiger partial charge < -0.3 is 5.32 Å². The minimum Gasteiger partial charge on any atom is -0.322 e. The van der Waals surface area contributed by atoms with Crippen LogP contribution in [-0.2, 0) is 11.3 Å². The Balaban J connectivity index is 1.45. The van der Waals surface area contributed by atoms with Crippen molar-refractivity contribution in [3.05, 3.63) is 90.0 Å². The summed E-state index contributed by atoms with van der Waals surface area (Å²) in [5.74, 6) is -0.265. The lowest BCUT2D eigenvalue weighted by Gasteiger charge is -2.13. The summed E-state index contributed by atoms with van der Waals surface area (Å²) in [5.41, 5.74) is 4.09. The lowest BCUT2D eigenvalue weighted by molar-refractivity contribution is -0.125. The highest BCUT2D eigenvalue weighted by molar-refractivity contribution is 8.14. The standard InChI is InChI=1S/C23H18N2O3S/c26-21-15-29-23(28)25(21)14-16-5-4-8-19(13-16)22(27)24-20-11-9-18(10-12-20)17-6-2-1-3-7-17/h1-13H,14-15H2,(H,24,27). The summed E-state index contributed by atoms with van der Waals surface area (Å²) < 4.78 is 0. The van der Waals surface area contributed by atoms with E-state index in [-0.39, 0.29) is 29.4 Å². The molecule has 144 valence electrons. The molecule has 0 atom stereocenters. The van der Waals surface area contributed by atoms with Crippen molar-refractivity contribution in [1.29, 1.82) is 0 Å². The van der Waals surface area contributed by atoms with E-state index < -0.39 is 0 Å². The maximum Gasteiger partial charge on any atom is 0.289 e. The summed E-state index contributed by atoms with van der Waals surface area (Å²) in [6.07, 6.45) is 0. The van der Waals surface area contributed by atoms with Crippen molar-refractivity contribution in [3.8, 4) is 11.1 Å². The minimum atomic E-state index is -0.247. The van der Waals surface area contributed by atoms with Gasteiger partial charge in [0.25, 0.3) is 11.1 Å². The molecular formula is C23H18N2O3S. The van der Waals surface area contributed by atoms with Crippen molar-refractivity contribution < 1.29 is 14.4 Å². The number of carbonyl (C=O) groups excluding carboxylic acids is 3. The molecule has 1 aliphatic heterocycles. The number of thioether (sulfide) groups is 1. The number of amides is 3. The van der Waals surface area contributed by atoms with Gasteiger partial charge in [-0.1, -0.05) is 66.4 Å². The molecule has 29 heavy (non-hydrogen) atoms. The summed E-state index contributed by atoms with van der Waals surface area (Å²) in [5, 5.41) is 2.64. The summed E-state index contributed by atoms with van der Waals surface area (Å²) in [7, 11) is 0. The van der Waals surface area contributed by atoms with E-state index in [2.05, 4.69) is 5.32 Å². The molecule has 3 amide bonds. The lowest BCUT2D eigenvalue weighted by Crippen LogP contribution is -2.28. The Hall–Kier alpha value is -3.38. The van der Waals surface area contributed by atoms with Gasteiger partial charge in [-0.15, -0.1) is 0 Å². The Morgan fingerprint density at radius 3 is 2.31 bits per heavy atom. The summed E-state index contributed by atoms with van der Waals surface area (Å²) in [6.45, 7) is 0.178. The van der Waals surface area contributed by atoms with Gasteiger partial charge in [-0.2, -0.15) is 0 Å². The number of hydrogen-bond donors (Lipinski definition) is 1. The van der Waals surface area contributed by atoms with Crippen LogP contribution in [0.2, 0.25) is 0 Å². The van der Waals surface area contributed by atoms with Crippen molar-refractivity contribution in [2.24, 2.45) is 0 Å². The second-order valence-electron chi connectivity index (χ2n) is 6.63. The highest BCUT2D eigenvalue weighted by atomic mass is 32.2. The maximum absolute atomic E-state index is 12.6. The molecule has 4 rings (SSSR count). The number of nitrogens with zero attached hydrogens (tertiary/aromatic N) is 1. The number of benzene rings is 3. The van der Waals surface area contributed by atoms with Gasteiger partial charge >= 0.3 is 0 Å². The molecule has 6 heteroatoms. The first-order valence-electron chi connectivity index (χ1n) is 9.13. The van der Waals surface area contributed by atoms with E-state index in [0.29, 0.717) is 11.3 Å². The molecule has 0 saturated carbocycles. The molecule has 5 nitrogen and oxygen atoms in total. The fourth-order valence-corrected chi connectivity index (χ4v) is 3.83. The second kappa shape index (κ2) is 8.32. The number of anilines is 1. The first-order chi connectivity index (χ1) is 14.1. The number of imide groups is 1. The predicted octanol–water partition coefficient (Wildman–Crippen LogP) is 4.80. The molecule has 1 saturated heterocycles. The number of carbonyl (C=O) groups is 3. The minimum absolute atomic E-state index is 0.178. The van der Waals surface area contributed by atoms with Gasteiger partial charge in [-0.25, -0.2) is 0 Å². The van der Waals surface area contributed by atoms with Crippen LogP contribution >= 0.6 is 11.8 Å². The predicted molar refractivity (Wildman–Crippen MR) is 115 cm³/mol. The van der Waals surface area contributed by atoms with Crippen LogP contribution < -0.4 is 5.32 Å². The first-order valence-corrected chi connectivity index (χ1v) is 10.1. The van der Waals surface area contributed by atoms with Crippen molar-refractivity contribution in [2.75, 3.05) is 11.1 Å². The zero-order valence-electron chi connectivity index (χ0n) is 15.5. The van der Waals surface area contributed by atoms with Crippen molar-refractivity contribution in [1.82, 2.24) is 4.90 Å². The van der Waals surface area contributed by atoms with E-state index in [1.807, 2.05) is 54.6 Å². The highest BCUT2D eigenvalue weighted by Crippen LogP contribution is 2.23. The van der Waals surface area contributed by atoms with Gasteiger partial charge in [0, 0.05) is 11.3 Å². The topological polar surface area (TPSA) is 66.5 Å². The fraction of sp³-hybridized carbons (Fsp3) is 0.0870. The molecule has 0 aromatic heterocycles. The monoisotopic (exact) mass is 402 g/mol. The quantitative estimate of drug-likeness (QED) is 0.666. The largest absolute Gasteiger partial charge is 0.322 e. The SMILES string of the molecule is O=C(Nc1ccc(-c2ccccc2)cc1)c1cccc(CN2C(=O)CSC2=O)c1. The molecule has 0 bridgehead atoms. The Morgan fingerprint density at radius 2 is 1.62 bits per heavy atom. The third-order valence-corrected chi connectivity index (χ3v) is 5.48. The molecule has 1 heterocycles. The molecule has 0 unspecified atom stereocenters. The van der Waals surface area contributed by atoms with E-state index in [0.717, 1.165) is 28.5 Å². The van der Waals surface area contributed by atoms with Gasteiger partial charge in [0.05, 0.1) is 12.3 Å². The van der Waals surface area contributed by atoms with E-state index in [1.54, 1.807) is 24.3 Å². The van der Waals surface area contributed by atoms with Gasteiger partial charge in [0.15, 0.2) is 0 Å². The smallest absolute Gasteiger partial charge is 0.289 e. The van der Waals surface area contributed by atoms with E-state index in [9.17, 15) is 14.4 Å². The Kier molecular flexibility index (Phi) is 5.44. The van der Waals surface area contributed by atoms with Crippen LogP contribution in [-0.4, -0.2) is 27.7 Å². The molecule has 1 aliphatic rings. The molecular weight excluding hydrogens is 384 g/mol. The van der Waals surface area contributed by atoms with Crippen LogP contribution in [0.1, 0.15) is 15.9 Å². The Labute approximate surface area is 172 Å². The third-order valence-electron chi connectivity index (χ3n) is 4.62. The first kappa shape index (κ1) is 19.0. The Morgan fingerprint density at radius 1 is 0.897 bits per heavy atom. The zero-order chi connectivity index (χ0) is 20.2. The molecule has 0 radical (unpaired) electrons.